The highest BCUT2D eigenvalue weighted by atomic mass is 32.2. The first-order chi connectivity index (χ1) is 10.7. The van der Waals surface area contributed by atoms with Gasteiger partial charge in [-0.05, 0) is 23.4 Å². The number of carbonyl (C=O) groups is 1. The quantitative estimate of drug-likeness (QED) is 0.798. The molecular weight excluding hydrogens is 296 g/mol. The van der Waals surface area contributed by atoms with Gasteiger partial charge < -0.3 is 10.0 Å². The van der Waals surface area contributed by atoms with Gasteiger partial charge in [-0.25, -0.2) is 4.98 Å². The molecule has 1 aromatic heterocycles. The van der Waals surface area contributed by atoms with E-state index in [0.29, 0.717) is 18.7 Å². The fraction of sp³-hybridized carbons (Fsp3) is 0.294. The van der Waals surface area contributed by atoms with Gasteiger partial charge in [0, 0.05) is 19.3 Å². The van der Waals surface area contributed by atoms with Crippen molar-refractivity contribution in [3.63, 3.8) is 0 Å². The molecule has 2 rings (SSSR count). The molecule has 0 saturated heterocycles. The number of hydrogen-bond acceptors (Lipinski definition) is 4. The van der Waals surface area contributed by atoms with Crippen LogP contribution in [-0.4, -0.2) is 39.8 Å². The molecular formula is C17H20N2O2S. The number of hydrogen-bond donors (Lipinski definition) is 1. The lowest BCUT2D eigenvalue weighted by Gasteiger charge is -2.22. The minimum Gasteiger partial charge on any atom is -0.395 e. The molecule has 116 valence electrons. The van der Waals surface area contributed by atoms with E-state index < -0.39 is 0 Å². The zero-order valence-electron chi connectivity index (χ0n) is 12.6. The fourth-order valence-corrected chi connectivity index (χ4v) is 2.69. The Bertz CT molecular complexity index is 587. The minimum atomic E-state index is -0.113. The molecule has 22 heavy (non-hydrogen) atoms. The molecule has 5 heteroatoms. The summed E-state index contributed by atoms with van der Waals surface area (Å²) in [6, 6.07) is 13.4. The highest BCUT2D eigenvalue weighted by molar-refractivity contribution is 7.99. The van der Waals surface area contributed by atoms with E-state index in [9.17, 15) is 9.90 Å². The van der Waals surface area contributed by atoms with Crippen LogP contribution in [0.15, 0.2) is 53.7 Å². The summed E-state index contributed by atoms with van der Waals surface area (Å²) >= 11 is 1.64. The van der Waals surface area contributed by atoms with Crippen molar-refractivity contribution in [2.75, 3.05) is 18.9 Å². The predicted octanol–water partition coefficient (Wildman–Crippen LogP) is 2.83. The Balaban J connectivity index is 2.11. The van der Waals surface area contributed by atoms with E-state index in [0.717, 1.165) is 16.3 Å². The second-order valence-corrected chi connectivity index (χ2v) is 6.04. The predicted molar refractivity (Wildman–Crippen MR) is 88.9 cm³/mol. The number of thioether (sulfide) groups is 1. The third kappa shape index (κ3) is 4.58. The monoisotopic (exact) mass is 316 g/mol. The van der Waals surface area contributed by atoms with Gasteiger partial charge in [-0.2, -0.15) is 0 Å². The SMILES string of the molecule is CCSc1ccc(C(=O)N(CCO)Cc2ccccc2)cn1. The van der Waals surface area contributed by atoms with Gasteiger partial charge in [0.15, 0.2) is 0 Å². The van der Waals surface area contributed by atoms with Crippen LogP contribution in [0.5, 0.6) is 0 Å². The Kier molecular flexibility index (Phi) is 6.43. The summed E-state index contributed by atoms with van der Waals surface area (Å²) in [6.45, 7) is 2.79. The lowest BCUT2D eigenvalue weighted by molar-refractivity contribution is 0.0707. The van der Waals surface area contributed by atoms with Crippen LogP contribution in [0.25, 0.3) is 0 Å². The van der Waals surface area contributed by atoms with Crippen molar-refractivity contribution in [2.24, 2.45) is 0 Å². The Hall–Kier alpha value is -1.85. The van der Waals surface area contributed by atoms with E-state index in [1.54, 1.807) is 28.9 Å². The van der Waals surface area contributed by atoms with Crippen molar-refractivity contribution in [2.45, 2.75) is 18.5 Å². The molecule has 0 unspecified atom stereocenters. The molecule has 1 heterocycles. The van der Waals surface area contributed by atoms with Crippen molar-refractivity contribution < 1.29 is 9.90 Å². The van der Waals surface area contributed by atoms with Crippen LogP contribution >= 0.6 is 11.8 Å². The topological polar surface area (TPSA) is 53.4 Å². The van der Waals surface area contributed by atoms with E-state index in [-0.39, 0.29) is 12.5 Å². The van der Waals surface area contributed by atoms with Crippen LogP contribution in [0.2, 0.25) is 0 Å². The molecule has 0 aliphatic rings. The number of aliphatic hydroxyl groups excluding tert-OH is 1. The van der Waals surface area contributed by atoms with Gasteiger partial charge in [0.2, 0.25) is 0 Å². The second-order valence-electron chi connectivity index (χ2n) is 4.75. The third-order valence-electron chi connectivity index (χ3n) is 3.15. The molecule has 1 aromatic carbocycles. The van der Waals surface area contributed by atoms with Gasteiger partial charge in [0.1, 0.15) is 0 Å². The van der Waals surface area contributed by atoms with Crippen LogP contribution in [0, 0.1) is 0 Å². The molecule has 1 N–H and O–H groups in total. The van der Waals surface area contributed by atoms with Crippen LogP contribution < -0.4 is 0 Å². The number of pyridine rings is 1. The molecule has 0 spiro atoms. The first kappa shape index (κ1) is 16.5. The number of carbonyl (C=O) groups excluding carboxylic acids is 1. The van der Waals surface area contributed by atoms with Crippen molar-refractivity contribution in [3.8, 4) is 0 Å². The summed E-state index contributed by atoms with van der Waals surface area (Å²) in [5, 5.41) is 10.1. The number of rotatable bonds is 7. The Morgan fingerprint density at radius 2 is 2.00 bits per heavy atom. The van der Waals surface area contributed by atoms with Gasteiger partial charge in [-0.3, -0.25) is 4.79 Å². The molecule has 0 saturated carbocycles. The van der Waals surface area contributed by atoms with E-state index in [1.165, 1.54) is 0 Å². The largest absolute Gasteiger partial charge is 0.395 e. The summed E-state index contributed by atoms with van der Waals surface area (Å²) < 4.78 is 0. The normalized spacial score (nSPS) is 10.5. The summed E-state index contributed by atoms with van der Waals surface area (Å²) in [5.74, 6) is 0.837. The first-order valence-corrected chi connectivity index (χ1v) is 8.26. The van der Waals surface area contributed by atoms with Gasteiger partial charge in [0.05, 0.1) is 17.2 Å². The van der Waals surface area contributed by atoms with Gasteiger partial charge in [0.25, 0.3) is 5.91 Å². The second kappa shape index (κ2) is 8.56. The lowest BCUT2D eigenvalue weighted by atomic mass is 10.2. The van der Waals surface area contributed by atoms with Crippen molar-refractivity contribution in [1.29, 1.82) is 0 Å². The molecule has 4 nitrogen and oxygen atoms in total. The molecule has 0 aliphatic heterocycles. The third-order valence-corrected chi connectivity index (χ3v) is 3.97. The summed E-state index contributed by atoms with van der Waals surface area (Å²) in [6.07, 6.45) is 1.61. The summed E-state index contributed by atoms with van der Waals surface area (Å²) in [5.41, 5.74) is 1.58. The number of benzene rings is 1. The van der Waals surface area contributed by atoms with E-state index in [1.807, 2.05) is 36.4 Å². The average Bonchev–Trinajstić information content (AvgIpc) is 2.56. The number of amides is 1. The number of aromatic nitrogens is 1. The molecule has 2 aromatic rings. The van der Waals surface area contributed by atoms with Gasteiger partial charge in [-0.15, -0.1) is 11.8 Å². The zero-order valence-corrected chi connectivity index (χ0v) is 13.4. The maximum atomic E-state index is 12.6. The van der Waals surface area contributed by atoms with Crippen LogP contribution in [0.4, 0.5) is 0 Å². The standard InChI is InChI=1S/C17H20N2O2S/c1-2-22-16-9-8-15(12-18-16)17(21)19(10-11-20)13-14-6-4-3-5-7-14/h3-9,12,20H,2,10-11,13H2,1H3. The van der Waals surface area contributed by atoms with Crippen LogP contribution in [0.3, 0.4) is 0 Å². The highest BCUT2D eigenvalue weighted by Gasteiger charge is 2.16. The lowest BCUT2D eigenvalue weighted by Crippen LogP contribution is -2.33. The Morgan fingerprint density at radius 3 is 2.59 bits per heavy atom. The van der Waals surface area contributed by atoms with E-state index >= 15 is 0 Å². The van der Waals surface area contributed by atoms with Gasteiger partial charge in [-0.1, -0.05) is 37.3 Å². The molecule has 0 radical (unpaired) electrons. The molecule has 0 fully saturated rings. The molecule has 0 atom stereocenters. The zero-order chi connectivity index (χ0) is 15.8. The fourth-order valence-electron chi connectivity index (χ4n) is 2.10. The van der Waals surface area contributed by atoms with Gasteiger partial charge >= 0.3 is 0 Å². The maximum Gasteiger partial charge on any atom is 0.255 e. The Morgan fingerprint density at radius 1 is 1.23 bits per heavy atom. The van der Waals surface area contributed by atoms with Crippen LogP contribution in [-0.2, 0) is 6.54 Å². The Labute approximate surface area is 135 Å². The van der Waals surface area contributed by atoms with Crippen LogP contribution in [0.1, 0.15) is 22.8 Å². The summed E-state index contributed by atoms with van der Waals surface area (Å²) in [7, 11) is 0. The molecule has 0 aliphatic carbocycles. The molecule has 0 bridgehead atoms. The maximum absolute atomic E-state index is 12.6. The summed E-state index contributed by atoms with van der Waals surface area (Å²) in [4.78, 5) is 18.5. The number of nitrogens with zero attached hydrogens (tertiary/aromatic N) is 2. The van der Waals surface area contributed by atoms with Crippen molar-refractivity contribution in [1.82, 2.24) is 9.88 Å². The molecule has 1 amide bonds. The smallest absolute Gasteiger partial charge is 0.255 e. The first-order valence-electron chi connectivity index (χ1n) is 7.27. The highest BCUT2D eigenvalue weighted by Crippen LogP contribution is 2.16. The van der Waals surface area contributed by atoms with Crippen molar-refractivity contribution >= 4 is 17.7 Å². The average molecular weight is 316 g/mol. The van der Waals surface area contributed by atoms with E-state index in [2.05, 4.69) is 11.9 Å². The van der Waals surface area contributed by atoms with E-state index in [4.69, 9.17) is 0 Å². The number of aliphatic hydroxyl groups is 1. The minimum absolute atomic E-state index is 0.0597. The van der Waals surface area contributed by atoms with Crippen molar-refractivity contribution in [3.05, 3.63) is 59.8 Å².